The van der Waals surface area contributed by atoms with Gasteiger partial charge in [0.2, 0.25) is 5.91 Å². The molecule has 0 aromatic carbocycles. The van der Waals surface area contributed by atoms with Crippen molar-refractivity contribution in [2.75, 3.05) is 5.32 Å². The van der Waals surface area contributed by atoms with Crippen LogP contribution in [0.5, 0.6) is 0 Å². The summed E-state index contributed by atoms with van der Waals surface area (Å²) in [5.74, 6) is 1.85. The minimum absolute atomic E-state index is 0.0693. The Kier molecular flexibility index (Phi) is 3.33. The minimum atomic E-state index is -0.354. The van der Waals surface area contributed by atoms with Crippen molar-refractivity contribution in [2.45, 2.75) is 57.9 Å². The Bertz CT molecular complexity index is 1100. The summed E-state index contributed by atoms with van der Waals surface area (Å²) >= 11 is 0. The van der Waals surface area contributed by atoms with Crippen LogP contribution in [0.2, 0.25) is 0 Å². The average molecular weight is 391 g/mol. The van der Waals surface area contributed by atoms with E-state index in [1.807, 2.05) is 30.9 Å². The highest BCUT2D eigenvalue weighted by molar-refractivity contribution is 6.02. The van der Waals surface area contributed by atoms with Crippen molar-refractivity contribution < 1.29 is 4.79 Å². The van der Waals surface area contributed by atoms with Crippen molar-refractivity contribution in [1.82, 2.24) is 29.9 Å². The fourth-order valence-electron chi connectivity index (χ4n) is 6.91. The molecule has 3 aromatic heterocycles. The maximum atomic E-state index is 13.7. The second-order valence-corrected chi connectivity index (χ2v) is 9.64. The van der Waals surface area contributed by atoms with E-state index in [4.69, 9.17) is 0 Å². The zero-order valence-electron chi connectivity index (χ0n) is 16.8. The average Bonchev–Trinajstić information content (AvgIpc) is 3.31. The van der Waals surface area contributed by atoms with Crippen LogP contribution in [0.15, 0.2) is 18.7 Å². The number of aryl methyl sites for hydroxylation is 2. The van der Waals surface area contributed by atoms with Gasteiger partial charge < -0.3 is 5.32 Å². The number of pyridine rings is 1. The number of aromatic nitrogens is 6. The van der Waals surface area contributed by atoms with Crippen molar-refractivity contribution in [2.24, 2.45) is 17.3 Å². The van der Waals surface area contributed by atoms with E-state index in [1.54, 1.807) is 6.33 Å². The summed E-state index contributed by atoms with van der Waals surface area (Å²) in [4.78, 5) is 22.4. The molecule has 4 aliphatic carbocycles. The predicted molar refractivity (Wildman–Crippen MR) is 107 cm³/mol. The molecular weight excluding hydrogens is 366 g/mol. The molecule has 0 saturated heterocycles. The van der Waals surface area contributed by atoms with E-state index in [-0.39, 0.29) is 16.9 Å². The molecule has 2 N–H and O–H groups in total. The number of hydrogen-bond acceptors (Lipinski definition) is 5. The van der Waals surface area contributed by atoms with Crippen LogP contribution in [0.3, 0.4) is 0 Å². The van der Waals surface area contributed by atoms with Gasteiger partial charge in [0.25, 0.3) is 0 Å². The monoisotopic (exact) mass is 391 g/mol. The maximum absolute atomic E-state index is 13.7. The third-order valence-corrected chi connectivity index (χ3v) is 7.50. The van der Waals surface area contributed by atoms with E-state index in [0.29, 0.717) is 17.7 Å². The fourth-order valence-corrected chi connectivity index (χ4v) is 6.91. The van der Waals surface area contributed by atoms with Gasteiger partial charge in [0.1, 0.15) is 12.7 Å². The van der Waals surface area contributed by atoms with E-state index >= 15 is 0 Å². The lowest BCUT2D eigenvalue weighted by atomic mass is 9.46. The van der Waals surface area contributed by atoms with Crippen molar-refractivity contribution in [3.8, 4) is 0 Å². The molecule has 3 heterocycles. The van der Waals surface area contributed by atoms with Crippen LogP contribution in [-0.2, 0) is 10.3 Å². The number of nitrogens with zero attached hydrogens (tertiary/aromatic N) is 5. The first kappa shape index (κ1) is 17.1. The van der Waals surface area contributed by atoms with Crippen LogP contribution in [0.1, 0.15) is 49.8 Å². The van der Waals surface area contributed by atoms with Crippen LogP contribution in [0.4, 0.5) is 5.82 Å². The van der Waals surface area contributed by atoms with Crippen LogP contribution in [-0.4, -0.2) is 35.9 Å². The zero-order valence-corrected chi connectivity index (χ0v) is 16.8. The van der Waals surface area contributed by atoms with Gasteiger partial charge in [-0.25, -0.2) is 14.6 Å². The first-order valence-corrected chi connectivity index (χ1v) is 10.5. The smallest absolute Gasteiger partial charge is 0.231 e. The predicted octanol–water partition coefficient (Wildman–Crippen LogP) is 3.10. The summed E-state index contributed by atoms with van der Waals surface area (Å²) in [5.41, 5.74) is 2.31. The molecule has 0 radical (unpaired) electrons. The summed E-state index contributed by atoms with van der Waals surface area (Å²) in [6.07, 6.45) is 9.65. The number of H-pyrrole nitrogens is 1. The Labute approximate surface area is 168 Å². The Morgan fingerprint density at radius 3 is 2.76 bits per heavy atom. The summed E-state index contributed by atoms with van der Waals surface area (Å²) < 4.78 is 2.04. The maximum Gasteiger partial charge on any atom is 0.231 e. The molecule has 4 aliphatic rings. The molecule has 2 atom stereocenters. The van der Waals surface area contributed by atoms with Crippen molar-refractivity contribution in [3.63, 3.8) is 0 Å². The van der Waals surface area contributed by atoms with Crippen LogP contribution < -0.4 is 5.32 Å². The van der Waals surface area contributed by atoms with Crippen molar-refractivity contribution in [1.29, 1.82) is 0 Å². The van der Waals surface area contributed by atoms with Gasteiger partial charge in [-0.3, -0.25) is 9.89 Å². The van der Waals surface area contributed by atoms with Gasteiger partial charge >= 0.3 is 0 Å². The highest BCUT2D eigenvalue weighted by Crippen LogP contribution is 2.64. The molecule has 7 rings (SSSR count). The molecule has 8 heteroatoms. The molecule has 8 nitrogen and oxygen atoms in total. The first-order chi connectivity index (χ1) is 14.0. The molecule has 0 spiro atoms. The number of anilines is 1. The number of hydrogen-bond donors (Lipinski definition) is 2. The second kappa shape index (κ2) is 5.64. The molecule has 150 valence electrons. The van der Waals surface area contributed by atoms with Crippen molar-refractivity contribution in [3.05, 3.63) is 30.0 Å². The van der Waals surface area contributed by atoms with Gasteiger partial charge in [-0.1, -0.05) is 0 Å². The molecule has 0 unspecified atom stereocenters. The standard InChI is InChI=1S/C21H25N7O/c1-12-3-13(2)24-17-16(12)18(27-26-17)25-19(29)20-5-14-4-15(6-20)8-21(7-14,9-20)28-11-22-10-23-28/h3,10-11,14-15H,4-9H2,1-2H3,(H2,24,25,26,27,29)/t14-,15-,20?,21?/m0/s1. The summed E-state index contributed by atoms with van der Waals surface area (Å²) in [5, 5.41) is 15.9. The fraction of sp³-hybridized carbons (Fsp3) is 0.571. The third-order valence-electron chi connectivity index (χ3n) is 7.50. The van der Waals surface area contributed by atoms with Gasteiger partial charge in [-0.15, -0.1) is 0 Å². The Balaban J connectivity index is 1.36. The Morgan fingerprint density at radius 1 is 1.24 bits per heavy atom. The quantitative estimate of drug-likeness (QED) is 0.714. The molecule has 0 aliphatic heterocycles. The van der Waals surface area contributed by atoms with Crippen LogP contribution in [0.25, 0.3) is 11.0 Å². The summed E-state index contributed by atoms with van der Waals surface area (Å²) in [6.45, 7) is 4.00. The van der Waals surface area contributed by atoms with Crippen molar-refractivity contribution >= 4 is 22.8 Å². The topological polar surface area (TPSA) is 101 Å². The lowest BCUT2D eigenvalue weighted by molar-refractivity contribution is -0.150. The van der Waals surface area contributed by atoms with Crippen LogP contribution in [0, 0.1) is 31.1 Å². The molecule has 29 heavy (non-hydrogen) atoms. The number of nitrogens with one attached hydrogen (secondary N) is 2. The van der Waals surface area contributed by atoms with Gasteiger partial charge in [0.15, 0.2) is 11.5 Å². The first-order valence-electron chi connectivity index (χ1n) is 10.5. The van der Waals surface area contributed by atoms with E-state index in [9.17, 15) is 4.79 Å². The van der Waals surface area contributed by atoms with E-state index < -0.39 is 0 Å². The molecule has 1 amide bonds. The Morgan fingerprint density at radius 2 is 2.03 bits per heavy atom. The van der Waals surface area contributed by atoms with Crippen LogP contribution >= 0.6 is 0 Å². The molecular formula is C21H25N7O. The number of carbonyl (C=O) groups is 1. The molecule has 3 aromatic rings. The highest BCUT2D eigenvalue weighted by atomic mass is 16.2. The minimum Gasteiger partial charge on any atom is -0.308 e. The van der Waals surface area contributed by atoms with Gasteiger partial charge in [0, 0.05) is 5.69 Å². The van der Waals surface area contributed by atoms with Gasteiger partial charge in [0.05, 0.1) is 16.3 Å². The number of fused-ring (bicyclic) bond motifs is 1. The highest BCUT2D eigenvalue weighted by Gasteiger charge is 2.61. The summed E-state index contributed by atoms with van der Waals surface area (Å²) in [7, 11) is 0. The second-order valence-electron chi connectivity index (χ2n) is 9.64. The molecule has 4 bridgehead atoms. The van der Waals surface area contributed by atoms with Gasteiger partial charge in [-0.2, -0.15) is 10.2 Å². The van der Waals surface area contributed by atoms with E-state index in [1.165, 1.54) is 6.42 Å². The molecule has 4 saturated carbocycles. The number of aromatic amines is 1. The largest absolute Gasteiger partial charge is 0.308 e. The Hall–Kier alpha value is -2.77. The van der Waals surface area contributed by atoms with E-state index in [2.05, 4.69) is 30.6 Å². The normalized spacial score (nSPS) is 32.8. The van der Waals surface area contributed by atoms with Gasteiger partial charge in [-0.05, 0) is 75.8 Å². The number of amides is 1. The SMILES string of the molecule is Cc1cc(C)c2c(NC(=O)C34C[C@@H]5C[C@@H](C3)CC(n3cncn3)(C5)C4)n[nH]c2n1. The third kappa shape index (κ3) is 2.41. The lowest BCUT2D eigenvalue weighted by Crippen LogP contribution is -2.60. The zero-order chi connectivity index (χ0) is 19.8. The number of rotatable bonds is 3. The summed E-state index contributed by atoms with van der Waals surface area (Å²) in [6, 6.07) is 2.03. The number of carbonyl (C=O) groups excluding carboxylic acids is 1. The van der Waals surface area contributed by atoms with E-state index in [0.717, 1.165) is 54.4 Å². The lowest BCUT2D eigenvalue weighted by Gasteiger charge is -2.60. The molecule has 4 fully saturated rings.